The number of ether oxygens (including phenoxy) is 1. The standard InChI is InChI=1S/C23H30O3/c1-2-3-4-5-6-13-18-26-23(22(25)19-24,20-14-9-7-10-15-20)21-16-11-8-12-17-21/h7-12,14-17,24H,2-6,13,18-19H2,1H3. The number of hydrogen-bond donors (Lipinski definition) is 1. The van der Waals surface area contributed by atoms with Crippen LogP contribution in [0.4, 0.5) is 0 Å². The van der Waals surface area contributed by atoms with Gasteiger partial charge in [0.2, 0.25) is 0 Å². The third-order valence-electron chi connectivity index (χ3n) is 4.71. The molecule has 0 saturated carbocycles. The Balaban J connectivity index is 2.22. The van der Waals surface area contributed by atoms with Gasteiger partial charge in [0.1, 0.15) is 6.61 Å². The fraction of sp³-hybridized carbons (Fsp3) is 0.435. The zero-order valence-corrected chi connectivity index (χ0v) is 15.7. The highest BCUT2D eigenvalue weighted by Gasteiger charge is 2.42. The number of hydrogen-bond acceptors (Lipinski definition) is 3. The molecule has 0 amide bonds. The molecule has 26 heavy (non-hydrogen) atoms. The Morgan fingerprint density at radius 3 is 1.85 bits per heavy atom. The van der Waals surface area contributed by atoms with E-state index >= 15 is 0 Å². The fourth-order valence-electron chi connectivity index (χ4n) is 3.30. The van der Waals surface area contributed by atoms with E-state index in [-0.39, 0.29) is 5.78 Å². The summed E-state index contributed by atoms with van der Waals surface area (Å²) in [6.45, 7) is 2.14. The van der Waals surface area contributed by atoms with Gasteiger partial charge in [0.05, 0.1) is 0 Å². The van der Waals surface area contributed by atoms with Crippen molar-refractivity contribution in [2.75, 3.05) is 13.2 Å². The van der Waals surface area contributed by atoms with Crippen LogP contribution in [0, 0.1) is 0 Å². The lowest BCUT2D eigenvalue weighted by Crippen LogP contribution is -2.42. The first kappa shape index (κ1) is 20.3. The van der Waals surface area contributed by atoms with E-state index in [2.05, 4.69) is 6.92 Å². The molecule has 0 bridgehead atoms. The van der Waals surface area contributed by atoms with Gasteiger partial charge < -0.3 is 9.84 Å². The quantitative estimate of drug-likeness (QED) is 0.553. The zero-order valence-electron chi connectivity index (χ0n) is 15.7. The number of benzene rings is 2. The number of carbonyl (C=O) groups is 1. The fourth-order valence-corrected chi connectivity index (χ4v) is 3.30. The van der Waals surface area contributed by atoms with Crippen LogP contribution < -0.4 is 0 Å². The van der Waals surface area contributed by atoms with Crippen molar-refractivity contribution in [3.63, 3.8) is 0 Å². The summed E-state index contributed by atoms with van der Waals surface area (Å²) in [4.78, 5) is 12.9. The molecule has 0 radical (unpaired) electrons. The molecule has 3 nitrogen and oxygen atoms in total. The third kappa shape index (κ3) is 5.03. The highest BCUT2D eigenvalue weighted by Crippen LogP contribution is 2.35. The van der Waals surface area contributed by atoms with E-state index in [1.54, 1.807) is 0 Å². The molecule has 2 aromatic carbocycles. The third-order valence-corrected chi connectivity index (χ3v) is 4.71. The van der Waals surface area contributed by atoms with Crippen molar-refractivity contribution in [1.29, 1.82) is 0 Å². The SMILES string of the molecule is CCCCCCCCOC(C(=O)CO)(c1ccccc1)c1ccccc1. The van der Waals surface area contributed by atoms with Gasteiger partial charge in [0.25, 0.3) is 0 Å². The smallest absolute Gasteiger partial charge is 0.199 e. The van der Waals surface area contributed by atoms with E-state index in [1.165, 1.54) is 25.7 Å². The van der Waals surface area contributed by atoms with Gasteiger partial charge in [0, 0.05) is 6.61 Å². The Bertz CT molecular complexity index is 598. The topological polar surface area (TPSA) is 46.5 Å². The first-order valence-electron chi connectivity index (χ1n) is 9.65. The van der Waals surface area contributed by atoms with E-state index in [1.807, 2.05) is 60.7 Å². The van der Waals surface area contributed by atoms with Gasteiger partial charge in [0.15, 0.2) is 11.4 Å². The molecule has 2 rings (SSSR count). The number of carbonyl (C=O) groups excluding carboxylic acids is 1. The Hall–Kier alpha value is -1.97. The second-order valence-electron chi connectivity index (χ2n) is 6.61. The molecule has 0 atom stereocenters. The molecule has 0 saturated heterocycles. The monoisotopic (exact) mass is 354 g/mol. The molecule has 3 heteroatoms. The molecule has 140 valence electrons. The highest BCUT2D eigenvalue weighted by molar-refractivity contribution is 5.93. The summed E-state index contributed by atoms with van der Waals surface area (Å²) in [6, 6.07) is 19.0. The number of unbranched alkanes of at least 4 members (excludes halogenated alkanes) is 5. The number of aliphatic hydroxyl groups excluding tert-OH is 1. The van der Waals surface area contributed by atoms with Crippen molar-refractivity contribution in [3.8, 4) is 0 Å². The van der Waals surface area contributed by atoms with Crippen LogP contribution in [0.25, 0.3) is 0 Å². The molecule has 0 unspecified atom stereocenters. The number of aliphatic hydroxyl groups is 1. The number of rotatable bonds is 12. The Morgan fingerprint density at radius 1 is 0.846 bits per heavy atom. The van der Waals surface area contributed by atoms with Gasteiger partial charge in [-0.15, -0.1) is 0 Å². The van der Waals surface area contributed by atoms with E-state index in [0.29, 0.717) is 6.61 Å². The van der Waals surface area contributed by atoms with Crippen molar-refractivity contribution >= 4 is 5.78 Å². The summed E-state index contributed by atoms with van der Waals surface area (Å²) < 4.78 is 6.25. The summed E-state index contributed by atoms with van der Waals surface area (Å²) in [5.41, 5.74) is 0.271. The molecule has 0 aliphatic heterocycles. The molecule has 2 aromatic rings. The van der Waals surface area contributed by atoms with Gasteiger partial charge in [-0.2, -0.15) is 0 Å². The van der Waals surface area contributed by atoms with Gasteiger partial charge >= 0.3 is 0 Å². The number of ketones is 1. The molecule has 0 aliphatic carbocycles. The van der Waals surface area contributed by atoms with Crippen LogP contribution in [0.1, 0.15) is 56.6 Å². The second kappa shape index (κ2) is 10.9. The summed E-state index contributed by atoms with van der Waals surface area (Å²) >= 11 is 0. The van der Waals surface area contributed by atoms with Gasteiger partial charge in [-0.05, 0) is 17.5 Å². The van der Waals surface area contributed by atoms with Crippen molar-refractivity contribution in [3.05, 3.63) is 71.8 Å². The van der Waals surface area contributed by atoms with Gasteiger partial charge in [-0.1, -0.05) is 99.7 Å². The molecule has 0 spiro atoms. The predicted molar refractivity (Wildman–Crippen MR) is 105 cm³/mol. The van der Waals surface area contributed by atoms with Crippen LogP contribution >= 0.6 is 0 Å². The Labute approximate surface area is 157 Å². The van der Waals surface area contributed by atoms with E-state index < -0.39 is 12.2 Å². The van der Waals surface area contributed by atoms with Crippen molar-refractivity contribution in [1.82, 2.24) is 0 Å². The van der Waals surface area contributed by atoms with Crippen molar-refractivity contribution in [2.24, 2.45) is 0 Å². The van der Waals surface area contributed by atoms with Crippen molar-refractivity contribution < 1.29 is 14.6 Å². The molecule has 0 heterocycles. The molecular weight excluding hydrogens is 324 g/mol. The molecular formula is C23H30O3. The lowest BCUT2D eigenvalue weighted by atomic mass is 9.82. The maximum Gasteiger partial charge on any atom is 0.199 e. The lowest BCUT2D eigenvalue weighted by molar-refractivity contribution is -0.144. The van der Waals surface area contributed by atoms with Gasteiger partial charge in [-0.3, -0.25) is 4.79 Å². The normalized spacial score (nSPS) is 11.5. The molecule has 0 fully saturated rings. The van der Waals surface area contributed by atoms with E-state index in [9.17, 15) is 9.90 Å². The van der Waals surface area contributed by atoms with Crippen LogP contribution in [0.5, 0.6) is 0 Å². The summed E-state index contributed by atoms with van der Waals surface area (Å²) in [6.07, 6.45) is 6.93. The van der Waals surface area contributed by atoms with E-state index in [4.69, 9.17) is 4.74 Å². The second-order valence-corrected chi connectivity index (χ2v) is 6.61. The first-order chi connectivity index (χ1) is 12.8. The number of Topliss-reactive ketones (excluding diaryl/α,β-unsaturated/α-hetero) is 1. The largest absolute Gasteiger partial charge is 0.388 e. The van der Waals surface area contributed by atoms with Crippen molar-refractivity contribution in [2.45, 2.75) is 51.0 Å². The highest BCUT2D eigenvalue weighted by atomic mass is 16.5. The Kier molecular flexibility index (Phi) is 8.52. The summed E-state index contributed by atoms with van der Waals surface area (Å²) in [5.74, 6) is -0.333. The maximum atomic E-state index is 12.9. The molecule has 0 aromatic heterocycles. The average Bonchev–Trinajstić information content (AvgIpc) is 2.71. The van der Waals surface area contributed by atoms with E-state index in [0.717, 1.165) is 24.0 Å². The molecule has 1 N–H and O–H groups in total. The summed E-state index contributed by atoms with van der Waals surface area (Å²) in [5, 5.41) is 9.66. The van der Waals surface area contributed by atoms with Crippen LogP contribution in [0.3, 0.4) is 0 Å². The zero-order chi connectivity index (χ0) is 18.7. The minimum absolute atomic E-state index is 0.333. The lowest BCUT2D eigenvalue weighted by Gasteiger charge is -2.33. The first-order valence-corrected chi connectivity index (χ1v) is 9.65. The van der Waals surface area contributed by atoms with Crippen LogP contribution in [-0.4, -0.2) is 24.1 Å². The minimum Gasteiger partial charge on any atom is -0.388 e. The van der Waals surface area contributed by atoms with Crippen LogP contribution in [-0.2, 0) is 15.1 Å². The Morgan fingerprint density at radius 2 is 1.35 bits per heavy atom. The molecule has 0 aliphatic rings. The van der Waals surface area contributed by atoms with Gasteiger partial charge in [-0.25, -0.2) is 0 Å². The summed E-state index contributed by atoms with van der Waals surface area (Å²) in [7, 11) is 0. The minimum atomic E-state index is -1.25. The van der Waals surface area contributed by atoms with Crippen LogP contribution in [0.15, 0.2) is 60.7 Å². The average molecular weight is 354 g/mol. The van der Waals surface area contributed by atoms with Crippen LogP contribution in [0.2, 0.25) is 0 Å². The maximum absolute atomic E-state index is 12.9. The predicted octanol–water partition coefficient (Wildman–Crippen LogP) is 4.87.